The highest BCUT2D eigenvalue weighted by Crippen LogP contribution is 2.35. The summed E-state index contributed by atoms with van der Waals surface area (Å²) in [5.74, 6) is -0.986. The summed E-state index contributed by atoms with van der Waals surface area (Å²) in [7, 11) is -9.66. The first-order valence-electron chi connectivity index (χ1n) is 9.42. The second-order valence-electron chi connectivity index (χ2n) is 6.76. The Morgan fingerprint density at radius 1 is 0.706 bits per heavy atom. The SMILES string of the molecule is CC(=O)Nc1ccc(-c2ccc(NC(C)=O)cc2S(=O)(=O)O)c(S(=O)(=O)O)c1.c1ccncc1. The van der Waals surface area contributed by atoms with Crippen molar-refractivity contribution in [2.75, 3.05) is 10.6 Å². The van der Waals surface area contributed by atoms with Crippen LogP contribution in [0, 0.1) is 0 Å². The molecular weight excluding hydrogens is 486 g/mol. The highest BCUT2D eigenvalue weighted by atomic mass is 32.2. The number of carbonyl (C=O) groups is 2. The Kier molecular flexibility index (Phi) is 8.59. The third-order valence-electron chi connectivity index (χ3n) is 4.02. The second kappa shape index (κ2) is 11.0. The molecule has 0 aliphatic carbocycles. The summed E-state index contributed by atoms with van der Waals surface area (Å²) in [6, 6.07) is 12.5. The molecule has 3 aromatic rings. The Bertz CT molecular complexity index is 1290. The van der Waals surface area contributed by atoms with Gasteiger partial charge in [0.25, 0.3) is 20.2 Å². The molecule has 34 heavy (non-hydrogen) atoms. The van der Waals surface area contributed by atoms with Crippen LogP contribution in [0.15, 0.2) is 76.8 Å². The second-order valence-corrected chi connectivity index (χ2v) is 9.54. The molecule has 1 aromatic heterocycles. The van der Waals surface area contributed by atoms with E-state index in [-0.39, 0.29) is 22.5 Å². The van der Waals surface area contributed by atoms with Gasteiger partial charge in [-0.1, -0.05) is 18.2 Å². The number of nitrogens with zero attached hydrogens (tertiary/aromatic N) is 1. The molecule has 0 aliphatic heterocycles. The Balaban J connectivity index is 0.000000589. The van der Waals surface area contributed by atoms with Crippen LogP contribution in [0.3, 0.4) is 0 Å². The van der Waals surface area contributed by atoms with E-state index in [0.717, 1.165) is 24.3 Å². The molecule has 0 atom stereocenters. The van der Waals surface area contributed by atoms with E-state index >= 15 is 0 Å². The van der Waals surface area contributed by atoms with Crippen molar-refractivity contribution in [2.24, 2.45) is 0 Å². The zero-order valence-corrected chi connectivity index (χ0v) is 19.6. The van der Waals surface area contributed by atoms with Crippen LogP contribution in [0.25, 0.3) is 11.1 Å². The number of anilines is 2. The Labute approximate surface area is 196 Å². The van der Waals surface area contributed by atoms with Gasteiger partial charge in [0.15, 0.2) is 0 Å². The first-order valence-corrected chi connectivity index (χ1v) is 12.3. The summed E-state index contributed by atoms with van der Waals surface area (Å²) in [4.78, 5) is 24.8. The van der Waals surface area contributed by atoms with Crippen LogP contribution in [0.5, 0.6) is 0 Å². The number of amides is 2. The highest BCUT2D eigenvalue weighted by molar-refractivity contribution is 7.86. The topological polar surface area (TPSA) is 180 Å². The van der Waals surface area contributed by atoms with Crippen LogP contribution in [0.1, 0.15) is 13.8 Å². The van der Waals surface area contributed by atoms with Gasteiger partial charge in [-0.15, -0.1) is 0 Å². The summed E-state index contributed by atoms with van der Waals surface area (Å²) in [5, 5.41) is 4.68. The third kappa shape index (κ3) is 7.74. The Morgan fingerprint density at radius 2 is 1.09 bits per heavy atom. The van der Waals surface area contributed by atoms with Crippen LogP contribution < -0.4 is 10.6 Å². The van der Waals surface area contributed by atoms with Crippen molar-refractivity contribution in [1.29, 1.82) is 0 Å². The van der Waals surface area contributed by atoms with Crippen molar-refractivity contribution in [3.8, 4) is 11.1 Å². The lowest BCUT2D eigenvalue weighted by Crippen LogP contribution is -2.10. The molecule has 0 spiro atoms. The molecule has 180 valence electrons. The number of carbonyl (C=O) groups excluding carboxylic acids is 2. The molecule has 0 saturated carbocycles. The maximum absolute atomic E-state index is 11.8. The number of nitrogens with one attached hydrogen (secondary N) is 2. The van der Waals surface area contributed by atoms with Gasteiger partial charge >= 0.3 is 0 Å². The molecule has 3 rings (SSSR count). The fourth-order valence-corrected chi connectivity index (χ4v) is 4.25. The summed E-state index contributed by atoms with van der Waals surface area (Å²) in [5.41, 5.74) is -0.378. The minimum absolute atomic E-state index is 0.0483. The van der Waals surface area contributed by atoms with Gasteiger partial charge in [-0.25, -0.2) is 0 Å². The van der Waals surface area contributed by atoms with Crippen molar-refractivity contribution in [3.05, 3.63) is 67.0 Å². The molecule has 0 bridgehead atoms. The molecule has 0 aliphatic rings. The molecule has 1 heterocycles. The van der Waals surface area contributed by atoms with Crippen molar-refractivity contribution in [2.45, 2.75) is 23.6 Å². The predicted molar refractivity (Wildman–Crippen MR) is 124 cm³/mol. The Morgan fingerprint density at radius 3 is 1.32 bits per heavy atom. The molecule has 2 amide bonds. The molecule has 2 aromatic carbocycles. The molecule has 0 unspecified atom stereocenters. The molecule has 13 heteroatoms. The summed E-state index contributed by atoms with van der Waals surface area (Å²) < 4.78 is 66.3. The lowest BCUT2D eigenvalue weighted by molar-refractivity contribution is -0.115. The van der Waals surface area contributed by atoms with E-state index < -0.39 is 41.8 Å². The zero-order valence-electron chi connectivity index (χ0n) is 18.0. The van der Waals surface area contributed by atoms with Crippen molar-refractivity contribution in [1.82, 2.24) is 4.98 Å². The Hall–Kier alpha value is -3.65. The molecule has 4 N–H and O–H groups in total. The maximum atomic E-state index is 11.8. The van der Waals surface area contributed by atoms with Crippen LogP contribution >= 0.6 is 0 Å². The maximum Gasteiger partial charge on any atom is 0.295 e. The first-order chi connectivity index (χ1) is 15.8. The smallest absolute Gasteiger partial charge is 0.295 e. The average molecular weight is 508 g/mol. The normalized spacial score (nSPS) is 11.1. The van der Waals surface area contributed by atoms with Gasteiger partial charge in [0.2, 0.25) is 11.8 Å². The van der Waals surface area contributed by atoms with Gasteiger partial charge in [0.05, 0.1) is 0 Å². The lowest BCUT2D eigenvalue weighted by atomic mass is 10.0. The summed E-state index contributed by atoms with van der Waals surface area (Å²) >= 11 is 0. The standard InChI is InChI=1S/C16H16N2O8S2.C5H5N/c1-9(19)17-11-3-5-13(15(7-11)27(21,22)23)14-6-4-12(18-10(2)20)8-16(14)28(24,25)26;1-2-4-6-5-3-1/h3-8H,1-2H3,(H,17,19)(H,18,20)(H,21,22,23)(H,24,25,26);1-5H. The summed E-state index contributed by atoms with van der Waals surface area (Å²) in [6.07, 6.45) is 3.50. The molecule has 11 nitrogen and oxygen atoms in total. The number of hydrogen-bond donors (Lipinski definition) is 4. The number of pyridine rings is 1. The van der Waals surface area contributed by atoms with Crippen molar-refractivity contribution < 1.29 is 35.5 Å². The summed E-state index contributed by atoms with van der Waals surface area (Å²) in [6.45, 7) is 2.39. The molecule has 0 radical (unpaired) electrons. The largest absolute Gasteiger partial charge is 0.326 e. The van der Waals surface area contributed by atoms with Crippen LogP contribution in [-0.2, 0) is 29.8 Å². The molecule has 0 fully saturated rings. The van der Waals surface area contributed by atoms with Gasteiger partial charge in [-0.2, -0.15) is 16.8 Å². The highest BCUT2D eigenvalue weighted by Gasteiger charge is 2.24. The lowest BCUT2D eigenvalue weighted by Gasteiger charge is -2.14. The van der Waals surface area contributed by atoms with Crippen molar-refractivity contribution >= 4 is 43.4 Å². The average Bonchev–Trinajstić information content (AvgIpc) is 2.73. The van der Waals surface area contributed by atoms with Gasteiger partial charge in [0, 0.05) is 48.7 Å². The minimum atomic E-state index is -4.83. The van der Waals surface area contributed by atoms with Crippen LogP contribution in [0.2, 0.25) is 0 Å². The number of hydrogen-bond acceptors (Lipinski definition) is 7. The quantitative estimate of drug-likeness (QED) is 0.378. The fourth-order valence-electron chi connectivity index (χ4n) is 2.79. The number of aromatic nitrogens is 1. The van der Waals surface area contributed by atoms with E-state index in [1.54, 1.807) is 12.4 Å². The van der Waals surface area contributed by atoms with Crippen LogP contribution in [-0.4, -0.2) is 42.7 Å². The monoisotopic (exact) mass is 507 g/mol. The minimum Gasteiger partial charge on any atom is -0.326 e. The number of benzene rings is 2. The fraction of sp³-hybridized carbons (Fsp3) is 0.0952. The van der Waals surface area contributed by atoms with E-state index in [1.165, 1.54) is 26.0 Å². The van der Waals surface area contributed by atoms with Crippen LogP contribution in [0.4, 0.5) is 11.4 Å². The van der Waals surface area contributed by atoms with Gasteiger partial charge < -0.3 is 10.6 Å². The van der Waals surface area contributed by atoms with E-state index in [4.69, 9.17) is 0 Å². The van der Waals surface area contributed by atoms with E-state index in [0.29, 0.717) is 0 Å². The third-order valence-corrected chi connectivity index (χ3v) is 5.80. The molecule has 0 saturated heterocycles. The molecular formula is C21H21N3O8S2. The van der Waals surface area contributed by atoms with E-state index in [9.17, 15) is 35.5 Å². The zero-order chi connectivity index (χ0) is 25.5. The van der Waals surface area contributed by atoms with Crippen molar-refractivity contribution in [3.63, 3.8) is 0 Å². The van der Waals surface area contributed by atoms with E-state index in [2.05, 4.69) is 15.6 Å². The van der Waals surface area contributed by atoms with Gasteiger partial charge in [0.1, 0.15) is 9.79 Å². The van der Waals surface area contributed by atoms with E-state index in [1.807, 2.05) is 18.2 Å². The first kappa shape index (κ1) is 26.6. The number of rotatable bonds is 5. The van der Waals surface area contributed by atoms with Gasteiger partial charge in [-0.3, -0.25) is 23.7 Å². The van der Waals surface area contributed by atoms with Gasteiger partial charge in [-0.05, 0) is 36.4 Å². The predicted octanol–water partition coefficient (Wildman–Crippen LogP) is 2.85.